The molecule has 1 aliphatic rings. The van der Waals surface area contributed by atoms with Gasteiger partial charge in [-0.3, -0.25) is 0 Å². The van der Waals surface area contributed by atoms with Gasteiger partial charge in [-0.15, -0.1) is 0 Å². The van der Waals surface area contributed by atoms with Gasteiger partial charge in [0.25, 0.3) is 0 Å². The lowest BCUT2D eigenvalue weighted by molar-refractivity contribution is 0.333. The SMILES string of the molecule is CCCCc1nc(Cl)c(CNCCC2CCCCC2)[nH]1. The van der Waals surface area contributed by atoms with Crippen molar-refractivity contribution in [1.82, 2.24) is 15.3 Å². The van der Waals surface area contributed by atoms with Crippen molar-refractivity contribution in [2.45, 2.75) is 71.3 Å². The lowest BCUT2D eigenvalue weighted by Gasteiger charge is -2.21. The van der Waals surface area contributed by atoms with Crippen molar-refractivity contribution in [3.8, 4) is 0 Å². The topological polar surface area (TPSA) is 40.7 Å². The molecule has 1 saturated carbocycles. The standard InChI is InChI=1S/C16H28ClN3/c1-2-3-9-15-19-14(16(17)20-15)12-18-11-10-13-7-5-4-6-8-13/h13,18H,2-12H2,1H3,(H,19,20). The molecule has 2 rings (SSSR count). The highest BCUT2D eigenvalue weighted by molar-refractivity contribution is 6.30. The molecule has 1 aromatic rings. The Kier molecular flexibility index (Phi) is 6.88. The van der Waals surface area contributed by atoms with Gasteiger partial charge in [0.15, 0.2) is 5.15 Å². The van der Waals surface area contributed by atoms with Gasteiger partial charge < -0.3 is 10.3 Å². The van der Waals surface area contributed by atoms with E-state index in [1.54, 1.807) is 0 Å². The average Bonchev–Trinajstić information content (AvgIpc) is 2.83. The number of H-pyrrole nitrogens is 1. The van der Waals surface area contributed by atoms with Gasteiger partial charge in [0.05, 0.1) is 5.69 Å². The summed E-state index contributed by atoms with van der Waals surface area (Å²) in [5.41, 5.74) is 1.04. The van der Waals surface area contributed by atoms with Crippen molar-refractivity contribution in [3.63, 3.8) is 0 Å². The second kappa shape index (κ2) is 8.68. The van der Waals surface area contributed by atoms with Crippen molar-refractivity contribution < 1.29 is 0 Å². The number of nitrogens with one attached hydrogen (secondary N) is 2. The smallest absolute Gasteiger partial charge is 0.151 e. The molecule has 0 aliphatic heterocycles. The van der Waals surface area contributed by atoms with Crippen LogP contribution in [0.1, 0.15) is 69.8 Å². The molecule has 0 atom stereocenters. The maximum absolute atomic E-state index is 6.17. The Hall–Kier alpha value is -0.540. The summed E-state index contributed by atoms with van der Waals surface area (Å²) >= 11 is 6.17. The predicted molar refractivity (Wildman–Crippen MR) is 85.1 cm³/mol. The second-order valence-electron chi connectivity index (χ2n) is 6.03. The van der Waals surface area contributed by atoms with Crippen molar-refractivity contribution in [2.24, 2.45) is 5.92 Å². The zero-order valence-electron chi connectivity index (χ0n) is 12.7. The average molecular weight is 298 g/mol. The Morgan fingerprint density at radius 3 is 2.85 bits per heavy atom. The largest absolute Gasteiger partial charge is 0.344 e. The number of aromatic amines is 1. The highest BCUT2D eigenvalue weighted by Crippen LogP contribution is 2.25. The van der Waals surface area contributed by atoms with E-state index in [2.05, 4.69) is 22.2 Å². The molecule has 1 aromatic heterocycles. The van der Waals surface area contributed by atoms with Crippen molar-refractivity contribution in [3.05, 3.63) is 16.7 Å². The maximum Gasteiger partial charge on any atom is 0.151 e. The van der Waals surface area contributed by atoms with Crippen molar-refractivity contribution in [1.29, 1.82) is 0 Å². The minimum absolute atomic E-state index is 0.640. The third-order valence-corrected chi connectivity index (χ3v) is 4.61. The first-order valence-electron chi connectivity index (χ1n) is 8.23. The van der Waals surface area contributed by atoms with Crippen molar-refractivity contribution >= 4 is 11.6 Å². The highest BCUT2D eigenvalue weighted by atomic mass is 35.5. The van der Waals surface area contributed by atoms with Crippen LogP contribution in [0.5, 0.6) is 0 Å². The highest BCUT2D eigenvalue weighted by Gasteiger charge is 2.13. The van der Waals surface area contributed by atoms with E-state index in [1.165, 1.54) is 51.4 Å². The number of aromatic nitrogens is 2. The molecule has 0 amide bonds. The molecule has 4 heteroatoms. The number of rotatable bonds is 8. The number of unbranched alkanes of at least 4 members (excludes halogenated alkanes) is 1. The number of hydrogen-bond donors (Lipinski definition) is 2. The summed E-state index contributed by atoms with van der Waals surface area (Å²) in [5, 5.41) is 4.14. The fourth-order valence-electron chi connectivity index (χ4n) is 3.01. The summed E-state index contributed by atoms with van der Waals surface area (Å²) in [6, 6.07) is 0. The van der Waals surface area contributed by atoms with Crippen LogP contribution in [0, 0.1) is 5.92 Å². The number of hydrogen-bond acceptors (Lipinski definition) is 2. The first kappa shape index (κ1) is 15.8. The second-order valence-corrected chi connectivity index (χ2v) is 6.38. The van der Waals surface area contributed by atoms with E-state index in [4.69, 9.17) is 11.6 Å². The Labute approximate surface area is 127 Å². The summed E-state index contributed by atoms with van der Waals surface area (Å²) < 4.78 is 0. The van der Waals surface area contributed by atoms with E-state index in [1.807, 2.05) is 0 Å². The molecule has 0 aromatic carbocycles. The minimum atomic E-state index is 0.640. The molecule has 0 unspecified atom stereocenters. The fourth-order valence-corrected chi connectivity index (χ4v) is 3.23. The molecule has 0 radical (unpaired) electrons. The predicted octanol–water partition coefficient (Wildman–Crippen LogP) is 4.47. The van der Waals surface area contributed by atoms with Crippen LogP contribution in [0.25, 0.3) is 0 Å². The first-order valence-corrected chi connectivity index (χ1v) is 8.61. The fraction of sp³-hybridized carbons (Fsp3) is 0.812. The van der Waals surface area contributed by atoms with Gasteiger partial charge in [0, 0.05) is 13.0 Å². The van der Waals surface area contributed by atoms with E-state index in [9.17, 15) is 0 Å². The molecule has 3 nitrogen and oxygen atoms in total. The summed E-state index contributed by atoms with van der Waals surface area (Å²) in [6.07, 6.45) is 11.8. The van der Waals surface area contributed by atoms with Crippen LogP contribution in [0.2, 0.25) is 5.15 Å². The van der Waals surface area contributed by atoms with Crippen LogP contribution in [0.3, 0.4) is 0 Å². The lowest BCUT2D eigenvalue weighted by Crippen LogP contribution is -2.19. The van der Waals surface area contributed by atoms with Crippen LogP contribution in [0.4, 0.5) is 0 Å². The number of halogens is 1. The Bertz CT molecular complexity index is 383. The maximum atomic E-state index is 6.17. The normalized spacial score (nSPS) is 16.7. The molecule has 20 heavy (non-hydrogen) atoms. The van der Waals surface area contributed by atoms with Crippen LogP contribution < -0.4 is 5.32 Å². The van der Waals surface area contributed by atoms with E-state index < -0.39 is 0 Å². The monoisotopic (exact) mass is 297 g/mol. The van der Waals surface area contributed by atoms with Crippen molar-refractivity contribution in [2.75, 3.05) is 6.54 Å². The minimum Gasteiger partial charge on any atom is -0.344 e. The molecule has 1 heterocycles. The van der Waals surface area contributed by atoms with Crippen LogP contribution in [0.15, 0.2) is 0 Å². The van der Waals surface area contributed by atoms with Gasteiger partial charge in [-0.05, 0) is 25.3 Å². The molecule has 114 valence electrons. The van der Waals surface area contributed by atoms with Crippen LogP contribution in [-0.2, 0) is 13.0 Å². The van der Waals surface area contributed by atoms with Gasteiger partial charge in [0.1, 0.15) is 5.82 Å². The third kappa shape index (κ3) is 5.10. The Morgan fingerprint density at radius 1 is 1.30 bits per heavy atom. The molecule has 1 fully saturated rings. The first-order chi connectivity index (χ1) is 9.79. The van der Waals surface area contributed by atoms with Crippen LogP contribution >= 0.6 is 11.6 Å². The van der Waals surface area contributed by atoms with E-state index in [0.717, 1.165) is 36.9 Å². The summed E-state index contributed by atoms with van der Waals surface area (Å²) in [5.74, 6) is 1.97. The van der Waals surface area contributed by atoms with E-state index >= 15 is 0 Å². The number of nitrogens with zero attached hydrogens (tertiary/aromatic N) is 1. The summed E-state index contributed by atoms with van der Waals surface area (Å²) in [7, 11) is 0. The zero-order chi connectivity index (χ0) is 14.2. The van der Waals surface area contributed by atoms with Gasteiger partial charge in [-0.1, -0.05) is 57.0 Å². The zero-order valence-corrected chi connectivity index (χ0v) is 13.4. The van der Waals surface area contributed by atoms with Gasteiger partial charge in [-0.25, -0.2) is 4.98 Å². The molecule has 2 N–H and O–H groups in total. The van der Waals surface area contributed by atoms with Gasteiger partial charge in [-0.2, -0.15) is 0 Å². The van der Waals surface area contributed by atoms with Gasteiger partial charge >= 0.3 is 0 Å². The number of aryl methyl sites for hydroxylation is 1. The lowest BCUT2D eigenvalue weighted by atomic mass is 9.87. The van der Waals surface area contributed by atoms with E-state index in [-0.39, 0.29) is 0 Å². The molecular weight excluding hydrogens is 270 g/mol. The molecule has 0 spiro atoms. The van der Waals surface area contributed by atoms with E-state index in [0.29, 0.717) is 5.15 Å². The molecule has 0 saturated heterocycles. The van der Waals surface area contributed by atoms with Crippen LogP contribution in [-0.4, -0.2) is 16.5 Å². The quantitative estimate of drug-likeness (QED) is 0.695. The molecule has 1 aliphatic carbocycles. The summed E-state index contributed by atoms with van der Waals surface area (Å²) in [6.45, 7) is 4.09. The summed E-state index contributed by atoms with van der Waals surface area (Å²) in [4.78, 5) is 7.74. The third-order valence-electron chi connectivity index (χ3n) is 4.30. The Balaban J connectivity index is 1.66. The number of imidazole rings is 1. The Morgan fingerprint density at radius 2 is 2.10 bits per heavy atom. The molecule has 0 bridgehead atoms. The molecular formula is C16H28ClN3. The van der Waals surface area contributed by atoms with Gasteiger partial charge in [0.2, 0.25) is 0 Å².